The van der Waals surface area contributed by atoms with Crippen molar-refractivity contribution in [1.82, 2.24) is 0 Å². The van der Waals surface area contributed by atoms with E-state index >= 15 is 0 Å². The Balaban J connectivity index is 2.96. The quantitative estimate of drug-likeness (QED) is 0.610. The molecule has 0 saturated heterocycles. The first-order valence-electron chi connectivity index (χ1n) is 5.01. The average Bonchev–Trinajstić information content (AvgIpc) is 2.17. The third-order valence-electron chi connectivity index (χ3n) is 2.59. The minimum absolute atomic E-state index is 0.179. The van der Waals surface area contributed by atoms with Crippen molar-refractivity contribution in [2.45, 2.75) is 26.2 Å². The third kappa shape index (κ3) is 2.76. The lowest BCUT2D eigenvalue weighted by atomic mass is 9.96. The lowest BCUT2D eigenvalue weighted by Crippen LogP contribution is -2.05. The number of nitro groups is 1. The number of nitrogens with two attached hydrogens (primary N) is 1. The van der Waals surface area contributed by atoms with Gasteiger partial charge in [0.2, 0.25) is 0 Å². The molecule has 0 heterocycles. The molecule has 1 aromatic rings. The first-order valence-corrected chi connectivity index (χ1v) is 5.01. The molecular formula is C11H16N2O2. The van der Waals surface area contributed by atoms with E-state index in [1.807, 2.05) is 12.1 Å². The summed E-state index contributed by atoms with van der Waals surface area (Å²) in [6, 6.07) is 5.25. The lowest BCUT2D eigenvalue weighted by Gasteiger charge is -2.10. The molecule has 0 radical (unpaired) electrons. The van der Waals surface area contributed by atoms with Crippen molar-refractivity contribution in [3.8, 4) is 0 Å². The first-order chi connectivity index (χ1) is 7.06. The summed E-state index contributed by atoms with van der Waals surface area (Å²) in [5.74, 6) is 0.356. The van der Waals surface area contributed by atoms with Crippen molar-refractivity contribution < 1.29 is 4.92 Å². The molecule has 0 aliphatic carbocycles. The molecule has 1 atom stereocenters. The van der Waals surface area contributed by atoms with Gasteiger partial charge in [-0.2, -0.15) is 0 Å². The fraction of sp³-hybridized carbons (Fsp3) is 0.455. The van der Waals surface area contributed by atoms with Gasteiger partial charge in [-0.25, -0.2) is 0 Å². The van der Waals surface area contributed by atoms with Crippen molar-refractivity contribution in [3.63, 3.8) is 0 Å². The molecule has 0 aliphatic heterocycles. The summed E-state index contributed by atoms with van der Waals surface area (Å²) in [5.41, 5.74) is 7.48. The SMILES string of the molecule is Cc1cc(C(C)CCN)ccc1[N+](=O)[O-]. The Hall–Kier alpha value is -1.42. The van der Waals surface area contributed by atoms with Crippen LogP contribution in [0.25, 0.3) is 0 Å². The summed E-state index contributed by atoms with van der Waals surface area (Å²) in [4.78, 5) is 10.3. The van der Waals surface area contributed by atoms with E-state index in [1.54, 1.807) is 13.0 Å². The smallest absolute Gasteiger partial charge is 0.272 e. The van der Waals surface area contributed by atoms with Gasteiger partial charge in [-0.15, -0.1) is 0 Å². The molecule has 0 spiro atoms. The predicted octanol–water partition coefficient (Wildman–Crippen LogP) is 2.36. The van der Waals surface area contributed by atoms with E-state index < -0.39 is 0 Å². The Bertz CT molecular complexity index is 364. The van der Waals surface area contributed by atoms with E-state index in [0.29, 0.717) is 18.0 Å². The van der Waals surface area contributed by atoms with Crippen LogP contribution in [-0.2, 0) is 0 Å². The summed E-state index contributed by atoms with van der Waals surface area (Å²) < 4.78 is 0. The second kappa shape index (κ2) is 4.89. The van der Waals surface area contributed by atoms with Crippen molar-refractivity contribution in [2.75, 3.05) is 6.54 Å². The van der Waals surface area contributed by atoms with Crippen molar-refractivity contribution in [3.05, 3.63) is 39.4 Å². The van der Waals surface area contributed by atoms with Crippen LogP contribution in [0.5, 0.6) is 0 Å². The van der Waals surface area contributed by atoms with Crippen LogP contribution in [0.2, 0.25) is 0 Å². The van der Waals surface area contributed by atoms with Gasteiger partial charge in [0.05, 0.1) is 4.92 Å². The normalized spacial score (nSPS) is 12.5. The molecule has 0 amide bonds. The average molecular weight is 208 g/mol. The molecular weight excluding hydrogens is 192 g/mol. The van der Waals surface area contributed by atoms with Crippen molar-refractivity contribution in [1.29, 1.82) is 0 Å². The van der Waals surface area contributed by atoms with E-state index in [2.05, 4.69) is 6.92 Å². The van der Waals surface area contributed by atoms with Crippen LogP contribution in [0.4, 0.5) is 5.69 Å². The summed E-state index contributed by atoms with van der Waals surface area (Å²) in [6.07, 6.45) is 0.900. The number of nitro benzene ring substituents is 1. The monoisotopic (exact) mass is 208 g/mol. The molecule has 0 saturated carbocycles. The summed E-state index contributed by atoms with van der Waals surface area (Å²) in [5, 5.41) is 10.6. The molecule has 15 heavy (non-hydrogen) atoms. The van der Waals surface area contributed by atoms with Gasteiger partial charge in [0.15, 0.2) is 0 Å². The van der Waals surface area contributed by atoms with Crippen molar-refractivity contribution >= 4 is 5.69 Å². The minimum atomic E-state index is -0.354. The molecule has 0 bridgehead atoms. The topological polar surface area (TPSA) is 69.2 Å². The molecule has 82 valence electrons. The lowest BCUT2D eigenvalue weighted by molar-refractivity contribution is -0.385. The first kappa shape index (κ1) is 11.7. The van der Waals surface area contributed by atoms with Crippen LogP contribution in [0.3, 0.4) is 0 Å². The van der Waals surface area contributed by atoms with Gasteiger partial charge in [0.25, 0.3) is 5.69 Å². The number of nitrogens with zero attached hydrogens (tertiary/aromatic N) is 1. The molecule has 4 nitrogen and oxygen atoms in total. The summed E-state index contributed by atoms with van der Waals surface area (Å²) in [7, 11) is 0. The highest BCUT2D eigenvalue weighted by Gasteiger charge is 2.12. The van der Waals surface area contributed by atoms with Gasteiger partial charge in [0, 0.05) is 11.6 Å². The van der Waals surface area contributed by atoms with Crippen LogP contribution >= 0.6 is 0 Å². The van der Waals surface area contributed by atoms with Crippen LogP contribution in [0.1, 0.15) is 30.4 Å². The highest BCUT2D eigenvalue weighted by molar-refractivity contribution is 5.42. The third-order valence-corrected chi connectivity index (χ3v) is 2.59. The van der Waals surface area contributed by atoms with E-state index in [-0.39, 0.29) is 10.6 Å². The molecule has 1 aromatic carbocycles. The number of benzene rings is 1. The maximum Gasteiger partial charge on any atom is 0.272 e. The number of hydrogen-bond acceptors (Lipinski definition) is 3. The fourth-order valence-electron chi connectivity index (χ4n) is 1.61. The Morgan fingerprint density at radius 1 is 1.53 bits per heavy atom. The fourth-order valence-corrected chi connectivity index (χ4v) is 1.61. The van der Waals surface area contributed by atoms with E-state index in [0.717, 1.165) is 12.0 Å². The second-order valence-electron chi connectivity index (χ2n) is 3.78. The Labute approximate surface area is 89.2 Å². The number of hydrogen-bond donors (Lipinski definition) is 1. The van der Waals surface area contributed by atoms with Crippen molar-refractivity contribution in [2.24, 2.45) is 5.73 Å². The zero-order valence-electron chi connectivity index (χ0n) is 9.06. The zero-order chi connectivity index (χ0) is 11.4. The number of aryl methyl sites for hydroxylation is 1. The summed E-state index contributed by atoms with van der Waals surface area (Å²) >= 11 is 0. The van der Waals surface area contributed by atoms with E-state index in [9.17, 15) is 10.1 Å². The van der Waals surface area contributed by atoms with Gasteiger partial charge in [0.1, 0.15) is 0 Å². The molecule has 0 aromatic heterocycles. The van der Waals surface area contributed by atoms with E-state index in [4.69, 9.17) is 5.73 Å². The zero-order valence-corrected chi connectivity index (χ0v) is 9.06. The predicted molar refractivity (Wildman–Crippen MR) is 59.9 cm³/mol. The highest BCUT2D eigenvalue weighted by Crippen LogP contribution is 2.24. The van der Waals surface area contributed by atoms with Crippen LogP contribution in [0.15, 0.2) is 18.2 Å². The highest BCUT2D eigenvalue weighted by atomic mass is 16.6. The molecule has 0 fully saturated rings. The Morgan fingerprint density at radius 3 is 2.67 bits per heavy atom. The van der Waals surface area contributed by atoms with Gasteiger partial charge in [-0.3, -0.25) is 10.1 Å². The molecule has 1 rings (SSSR count). The van der Waals surface area contributed by atoms with E-state index in [1.165, 1.54) is 0 Å². The Morgan fingerprint density at radius 2 is 2.20 bits per heavy atom. The molecule has 1 unspecified atom stereocenters. The van der Waals surface area contributed by atoms with Gasteiger partial charge >= 0.3 is 0 Å². The standard InChI is InChI=1S/C11H16N2O2/c1-8(5-6-12)10-3-4-11(13(14)15)9(2)7-10/h3-4,7-8H,5-6,12H2,1-2H3. The van der Waals surface area contributed by atoms with Gasteiger partial charge in [-0.1, -0.05) is 13.0 Å². The number of rotatable bonds is 4. The maximum absolute atomic E-state index is 10.6. The second-order valence-corrected chi connectivity index (χ2v) is 3.78. The van der Waals surface area contributed by atoms with Crippen LogP contribution in [0, 0.1) is 17.0 Å². The summed E-state index contributed by atoms with van der Waals surface area (Å²) in [6.45, 7) is 4.47. The molecule has 0 aliphatic rings. The van der Waals surface area contributed by atoms with Gasteiger partial charge in [-0.05, 0) is 37.4 Å². The molecule has 4 heteroatoms. The van der Waals surface area contributed by atoms with Crippen LogP contribution in [-0.4, -0.2) is 11.5 Å². The largest absolute Gasteiger partial charge is 0.330 e. The minimum Gasteiger partial charge on any atom is -0.330 e. The Kier molecular flexibility index (Phi) is 3.80. The maximum atomic E-state index is 10.6. The van der Waals surface area contributed by atoms with Crippen LogP contribution < -0.4 is 5.73 Å². The molecule has 2 N–H and O–H groups in total. The van der Waals surface area contributed by atoms with Gasteiger partial charge < -0.3 is 5.73 Å².